The SMILES string of the molecule is CC(=O)N(C)C1CCOC2(CCN(CC3(O)CCN(c4ccccc4F)CC3)CC2)C1. The second-order valence-corrected chi connectivity index (χ2v) is 9.75. The lowest BCUT2D eigenvalue weighted by atomic mass is 9.81. The minimum atomic E-state index is -0.725. The topological polar surface area (TPSA) is 56.3 Å². The van der Waals surface area contributed by atoms with Crippen LogP contribution in [0.1, 0.15) is 45.4 Å². The van der Waals surface area contributed by atoms with Gasteiger partial charge >= 0.3 is 0 Å². The molecule has 7 heteroatoms. The smallest absolute Gasteiger partial charge is 0.219 e. The number of rotatable bonds is 4. The number of ether oxygens (including phenoxy) is 1. The largest absolute Gasteiger partial charge is 0.388 e. The average Bonchev–Trinajstić information content (AvgIpc) is 2.76. The molecule has 3 aliphatic heterocycles. The second-order valence-electron chi connectivity index (χ2n) is 9.75. The van der Waals surface area contributed by atoms with Gasteiger partial charge in [-0.15, -0.1) is 0 Å². The highest BCUT2D eigenvalue weighted by Gasteiger charge is 2.43. The van der Waals surface area contributed by atoms with Crippen molar-refractivity contribution in [3.63, 3.8) is 0 Å². The molecule has 1 aromatic carbocycles. The first-order valence-corrected chi connectivity index (χ1v) is 11.6. The summed E-state index contributed by atoms with van der Waals surface area (Å²) < 4.78 is 20.3. The van der Waals surface area contributed by atoms with Gasteiger partial charge in [0.25, 0.3) is 0 Å². The highest BCUT2D eigenvalue weighted by atomic mass is 19.1. The number of para-hydroxylation sites is 1. The van der Waals surface area contributed by atoms with E-state index < -0.39 is 5.60 Å². The van der Waals surface area contributed by atoms with E-state index in [0.29, 0.717) is 44.8 Å². The maximum absolute atomic E-state index is 14.1. The van der Waals surface area contributed by atoms with E-state index in [1.165, 1.54) is 6.07 Å². The minimum Gasteiger partial charge on any atom is -0.388 e. The molecular weight excluding hydrogens is 397 g/mol. The monoisotopic (exact) mass is 433 g/mol. The van der Waals surface area contributed by atoms with Crippen molar-refractivity contribution < 1.29 is 19.0 Å². The first-order chi connectivity index (χ1) is 14.8. The molecule has 3 heterocycles. The van der Waals surface area contributed by atoms with Gasteiger partial charge in [0.05, 0.1) is 16.9 Å². The summed E-state index contributed by atoms with van der Waals surface area (Å²) in [6.07, 6.45) is 4.97. The predicted molar refractivity (Wildman–Crippen MR) is 119 cm³/mol. The lowest BCUT2D eigenvalue weighted by Gasteiger charge is -2.49. The molecule has 1 N–H and O–H groups in total. The Hall–Kier alpha value is -1.70. The van der Waals surface area contributed by atoms with Crippen LogP contribution in [0.4, 0.5) is 10.1 Å². The molecule has 1 spiro atoms. The van der Waals surface area contributed by atoms with Crippen molar-refractivity contribution in [2.24, 2.45) is 0 Å². The van der Waals surface area contributed by atoms with Gasteiger partial charge in [-0.25, -0.2) is 4.39 Å². The summed E-state index contributed by atoms with van der Waals surface area (Å²) in [7, 11) is 1.89. The number of halogens is 1. The molecule has 0 aromatic heterocycles. The minimum absolute atomic E-state index is 0.114. The third-order valence-corrected chi connectivity index (χ3v) is 7.68. The summed E-state index contributed by atoms with van der Waals surface area (Å²) in [5.74, 6) is -0.0843. The first kappa shape index (κ1) is 22.5. The van der Waals surface area contributed by atoms with E-state index in [2.05, 4.69) is 4.90 Å². The van der Waals surface area contributed by atoms with E-state index in [0.717, 1.165) is 38.8 Å². The summed E-state index contributed by atoms with van der Waals surface area (Å²) in [4.78, 5) is 18.0. The van der Waals surface area contributed by atoms with Crippen molar-refractivity contribution in [1.82, 2.24) is 9.80 Å². The number of benzene rings is 1. The van der Waals surface area contributed by atoms with E-state index in [1.807, 2.05) is 29.0 Å². The van der Waals surface area contributed by atoms with E-state index in [1.54, 1.807) is 13.0 Å². The van der Waals surface area contributed by atoms with E-state index in [9.17, 15) is 14.3 Å². The summed E-state index contributed by atoms with van der Waals surface area (Å²) in [6, 6.07) is 7.12. The number of aliphatic hydroxyl groups is 1. The summed E-state index contributed by atoms with van der Waals surface area (Å²) >= 11 is 0. The van der Waals surface area contributed by atoms with Gasteiger partial charge in [0.1, 0.15) is 5.82 Å². The van der Waals surface area contributed by atoms with Crippen molar-refractivity contribution in [3.05, 3.63) is 30.1 Å². The molecule has 3 saturated heterocycles. The zero-order valence-corrected chi connectivity index (χ0v) is 18.9. The predicted octanol–water partition coefficient (Wildman–Crippen LogP) is 2.65. The van der Waals surface area contributed by atoms with Crippen molar-refractivity contribution in [2.75, 3.05) is 51.3 Å². The Morgan fingerprint density at radius 2 is 1.87 bits per heavy atom. The zero-order valence-electron chi connectivity index (χ0n) is 18.9. The van der Waals surface area contributed by atoms with Crippen LogP contribution >= 0.6 is 0 Å². The quantitative estimate of drug-likeness (QED) is 0.791. The molecule has 6 nitrogen and oxygen atoms in total. The lowest BCUT2D eigenvalue weighted by molar-refractivity contribution is -0.149. The van der Waals surface area contributed by atoms with Crippen LogP contribution in [-0.2, 0) is 9.53 Å². The number of amides is 1. The number of nitrogens with zero attached hydrogens (tertiary/aromatic N) is 3. The Balaban J connectivity index is 1.28. The molecule has 0 radical (unpaired) electrons. The van der Waals surface area contributed by atoms with Crippen LogP contribution in [0.2, 0.25) is 0 Å². The summed E-state index contributed by atoms with van der Waals surface area (Å²) in [5, 5.41) is 11.2. The molecule has 1 aromatic rings. The summed E-state index contributed by atoms with van der Waals surface area (Å²) in [5.41, 5.74) is -0.235. The molecular formula is C24H36FN3O3. The van der Waals surface area contributed by atoms with Crippen LogP contribution in [0.15, 0.2) is 24.3 Å². The second kappa shape index (κ2) is 9.04. The fourth-order valence-corrected chi connectivity index (χ4v) is 5.50. The number of piperidine rings is 2. The Bertz CT molecular complexity index is 773. The molecule has 3 aliphatic rings. The van der Waals surface area contributed by atoms with Gasteiger partial charge in [-0.2, -0.15) is 0 Å². The number of carbonyl (C=O) groups excluding carboxylic acids is 1. The maximum Gasteiger partial charge on any atom is 0.219 e. The van der Waals surface area contributed by atoms with Crippen LogP contribution < -0.4 is 4.90 Å². The molecule has 1 amide bonds. The van der Waals surface area contributed by atoms with Crippen molar-refractivity contribution in [3.8, 4) is 0 Å². The highest BCUT2D eigenvalue weighted by Crippen LogP contribution is 2.37. The van der Waals surface area contributed by atoms with Crippen molar-refractivity contribution in [1.29, 1.82) is 0 Å². The molecule has 1 unspecified atom stereocenters. The average molecular weight is 434 g/mol. The molecule has 1 atom stereocenters. The number of carbonyl (C=O) groups is 1. The molecule has 172 valence electrons. The molecule has 3 fully saturated rings. The van der Waals surface area contributed by atoms with Gasteiger partial charge in [-0.3, -0.25) is 4.79 Å². The van der Waals surface area contributed by atoms with Crippen LogP contribution in [0.5, 0.6) is 0 Å². The molecule has 0 saturated carbocycles. The highest BCUT2D eigenvalue weighted by molar-refractivity contribution is 5.73. The van der Waals surface area contributed by atoms with Crippen molar-refractivity contribution in [2.45, 2.75) is 62.7 Å². The van der Waals surface area contributed by atoms with Gasteiger partial charge in [0.2, 0.25) is 5.91 Å². The normalized spacial score (nSPS) is 26.1. The number of β-amino-alcohol motifs (C(OH)–C–C–N with tert-alkyl or cyclic N) is 1. The number of anilines is 1. The standard InChI is InChI=1S/C24H36FN3O3/c1-19(29)26(2)20-7-16-31-24(17-20)10-12-27(13-11-24)18-23(30)8-14-28(15-9-23)22-6-4-3-5-21(22)25/h3-6,20,30H,7-18H2,1-2H3. The molecule has 0 bridgehead atoms. The van der Waals surface area contributed by atoms with E-state index in [4.69, 9.17) is 4.74 Å². The van der Waals surface area contributed by atoms with Crippen LogP contribution in [0.3, 0.4) is 0 Å². The van der Waals surface area contributed by atoms with Crippen LogP contribution in [-0.4, -0.2) is 84.4 Å². The summed E-state index contributed by atoms with van der Waals surface area (Å²) in [6.45, 7) is 6.12. The zero-order chi connectivity index (χ0) is 22.1. The Morgan fingerprint density at radius 1 is 1.19 bits per heavy atom. The third-order valence-electron chi connectivity index (χ3n) is 7.68. The number of hydrogen-bond acceptors (Lipinski definition) is 5. The van der Waals surface area contributed by atoms with Gasteiger partial charge in [0, 0.05) is 59.3 Å². The van der Waals surface area contributed by atoms with E-state index in [-0.39, 0.29) is 23.4 Å². The first-order valence-electron chi connectivity index (χ1n) is 11.6. The van der Waals surface area contributed by atoms with Crippen molar-refractivity contribution >= 4 is 11.6 Å². The molecule has 4 rings (SSSR count). The fourth-order valence-electron chi connectivity index (χ4n) is 5.50. The number of likely N-dealkylation sites (tertiary alicyclic amines) is 1. The third kappa shape index (κ3) is 5.04. The van der Waals surface area contributed by atoms with Gasteiger partial charge in [-0.05, 0) is 50.7 Å². The molecule has 0 aliphatic carbocycles. The lowest BCUT2D eigenvalue weighted by Crippen LogP contribution is -2.57. The van der Waals surface area contributed by atoms with Gasteiger partial charge in [-0.1, -0.05) is 12.1 Å². The van der Waals surface area contributed by atoms with Crippen LogP contribution in [0.25, 0.3) is 0 Å². The maximum atomic E-state index is 14.1. The van der Waals surface area contributed by atoms with Crippen LogP contribution in [0, 0.1) is 5.82 Å². The fraction of sp³-hybridized carbons (Fsp3) is 0.708. The van der Waals surface area contributed by atoms with Gasteiger partial charge < -0.3 is 24.5 Å². The Kier molecular flexibility index (Phi) is 6.56. The van der Waals surface area contributed by atoms with E-state index >= 15 is 0 Å². The number of hydrogen-bond donors (Lipinski definition) is 1. The molecule has 31 heavy (non-hydrogen) atoms. The Morgan fingerprint density at radius 3 is 2.52 bits per heavy atom. The Labute approximate surface area is 184 Å². The van der Waals surface area contributed by atoms with Gasteiger partial charge in [0.15, 0.2) is 0 Å².